The molecule has 3 rings (SSSR count). The maximum absolute atomic E-state index is 4.41. The highest BCUT2D eigenvalue weighted by Crippen LogP contribution is 2.28. The standard InChI is InChI=1S/C18H25N3/c1-13-11-20-17(18(2,3)4)12-21(13)15-7-8-16-14(10-15)6-5-9-19-16/h5-10,13,17,20H,11-12H2,1-4H3. The zero-order chi connectivity index (χ0) is 15.0. The van der Waals surface area contributed by atoms with Crippen LogP contribution in [0.15, 0.2) is 36.5 Å². The van der Waals surface area contributed by atoms with Gasteiger partial charge in [0.2, 0.25) is 0 Å². The summed E-state index contributed by atoms with van der Waals surface area (Å²) >= 11 is 0. The Kier molecular flexibility index (Phi) is 3.62. The summed E-state index contributed by atoms with van der Waals surface area (Å²) in [6, 6.07) is 11.8. The van der Waals surface area contributed by atoms with Crippen LogP contribution in [-0.2, 0) is 0 Å². The van der Waals surface area contributed by atoms with Crippen LogP contribution in [0.2, 0.25) is 0 Å². The lowest BCUT2D eigenvalue weighted by Crippen LogP contribution is -2.59. The number of piperazine rings is 1. The third kappa shape index (κ3) is 2.88. The van der Waals surface area contributed by atoms with Gasteiger partial charge in [-0.25, -0.2) is 0 Å². The summed E-state index contributed by atoms with van der Waals surface area (Å²) in [5.74, 6) is 0. The molecule has 2 heterocycles. The molecule has 1 fully saturated rings. The first-order valence-electron chi connectivity index (χ1n) is 7.80. The van der Waals surface area contributed by atoms with E-state index in [1.807, 2.05) is 12.3 Å². The zero-order valence-electron chi connectivity index (χ0n) is 13.4. The van der Waals surface area contributed by atoms with Gasteiger partial charge < -0.3 is 10.2 Å². The predicted molar refractivity (Wildman–Crippen MR) is 89.8 cm³/mol. The van der Waals surface area contributed by atoms with Crippen LogP contribution in [0.5, 0.6) is 0 Å². The van der Waals surface area contributed by atoms with Crippen LogP contribution in [0.25, 0.3) is 10.9 Å². The Hall–Kier alpha value is -1.61. The van der Waals surface area contributed by atoms with Gasteiger partial charge in [0.05, 0.1) is 5.52 Å². The first-order valence-corrected chi connectivity index (χ1v) is 7.80. The van der Waals surface area contributed by atoms with Crippen molar-refractivity contribution in [2.45, 2.75) is 39.8 Å². The second kappa shape index (κ2) is 5.30. The van der Waals surface area contributed by atoms with Crippen molar-refractivity contribution in [2.24, 2.45) is 5.41 Å². The molecular formula is C18H25N3. The molecule has 0 spiro atoms. The average molecular weight is 283 g/mol. The van der Waals surface area contributed by atoms with E-state index in [0.29, 0.717) is 12.1 Å². The fourth-order valence-corrected chi connectivity index (χ4v) is 3.05. The Balaban J connectivity index is 1.92. The molecule has 1 aliphatic heterocycles. The zero-order valence-corrected chi connectivity index (χ0v) is 13.4. The summed E-state index contributed by atoms with van der Waals surface area (Å²) in [6.45, 7) is 11.3. The monoisotopic (exact) mass is 283 g/mol. The van der Waals surface area contributed by atoms with E-state index in [1.54, 1.807) is 0 Å². The summed E-state index contributed by atoms with van der Waals surface area (Å²) in [4.78, 5) is 6.94. The van der Waals surface area contributed by atoms with Crippen LogP contribution in [0.3, 0.4) is 0 Å². The van der Waals surface area contributed by atoms with Gasteiger partial charge in [-0.05, 0) is 36.6 Å². The molecule has 3 heteroatoms. The second-order valence-corrected chi connectivity index (χ2v) is 7.21. The van der Waals surface area contributed by atoms with Crippen molar-refractivity contribution in [3.8, 4) is 0 Å². The number of nitrogens with one attached hydrogen (secondary N) is 1. The van der Waals surface area contributed by atoms with E-state index >= 15 is 0 Å². The minimum atomic E-state index is 0.275. The molecule has 21 heavy (non-hydrogen) atoms. The Morgan fingerprint density at radius 3 is 2.81 bits per heavy atom. The van der Waals surface area contributed by atoms with E-state index in [2.05, 4.69) is 67.2 Å². The van der Waals surface area contributed by atoms with Crippen molar-refractivity contribution < 1.29 is 0 Å². The van der Waals surface area contributed by atoms with Crippen LogP contribution in [-0.4, -0.2) is 30.2 Å². The van der Waals surface area contributed by atoms with Crippen molar-refractivity contribution >= 4 is 16.6 Å². The minimum absolute atomic E-state index is 0.275. The number of nitrogens with zero attached hydrogens (tertiary/aromatic N) is 2. The molecule has 2 unspecified atom stereocenters. The molecule has 0 radical (unpaired) electrons. The quantitative estimate of drug-likeness (QED) is 0.869. The normalized spacial score (nSPS) is 23.5. The molecule has 1 N–H and O–H groups in total. The number of fused-ring (bicyclic) bond motifs is 1. The molecule has 1 saturated heterocycles. The highest BCUT2D eigenvalue weighted by atomic mass is 15.2. The summed E-state index contributed by atoms with van der Waals surface area (Å²) in [6.07, 6.45) is 1.85. The van der Waals surface area contributed by atoms with Gasteiger partial charge in [-0.2, -0.15) is 0 Å². The van der Waals surface area contributed by atoms with Crippen molar-refractivity contribution in [3.63, 3.8) is 0 Å². The van der Waals surface area contributed by atoms with Crippen LogP contribution in [0, 0.1) is 5.41 Å². The lowest BCUT2D eigenvalue weighted by Gasteiger charge is -2.45. The number of aromatic nitrogens is 1. The molecule has 0 amide bonds. The largest absolute Gasteiger partial charge is 0.366 e. The fourth-order valence-electron chi connectivity index (χ4n) is 3.05. The summed E-state index contributed by atoms with van der Waals surface area (Å²) in [5, 5.41) is 4.91. The summed E-state index contributed by atoms with van der Waals surface area (Å²) in [7, 11) is 0. The Labute approximate surface area is 127 Å². The number of hydrogen-bond donors (Lipinski definition) is 1. The highest BCUT2D eigenvalue weighted by molar-refractivity contribution is 5.82. The van der Waals surface area contributed by atoms with Gasteiger partial charge in [-0.1, -0.05) is 26.8 Å². The van der Waals surface area contributed by atoms with E-state index < -0.39 is 0 Å². The van der Waals surface area contributed by atoms with Gasteiger partial charge in [0.1, 0.15) is 0 Å². The van der Waals surface area contributed by atoms with Crippen LogP contribution < -0.4 is 10.2 Å². The maximum atomic E-state index is 4.41. The molecular weight excluding hydrogens is 258 g/mol. The Morgan fingerprint density at radius 1 is 1.24 bits per heavy atom. The molecule has 3 nitrogen and oxygen atoms in total. The van der Waals surface area contributed by atoms with Gasteiger partial charge in [0.15, 0.2) is 0 Å². The SMILES string of the molecule is CC1CNC(C(C)(C)C)CN1c1ccc2ncccc2c1. The Morgan fingerprint density at radius 2 is 2.05 bits per heavy atom. The third-order valence-electron chi connectivity index (χ3n) is 4.53. The molecule has 2 aromatic rings. The van der Waals surface area contributed by atoms with E-state index in [9.17, 15) is 0 Å². The van der Waals surface area contributed by atoms with Gasteiger partial charge >= 0.3 is 0 Å². The maximum Gasteiger partial charge on any atom is 0.0703 e. The topological polar surface area (TPSA) is 28.2 Å². The van der Waals surface area contributed by atoms with Gasteiger partial charge in [-0.15, -0.1) is 0 Å². The van der Waals surface area contributed by atoms with Crippen LogP contribution >= 0.6 is 0 Å². The molecule has 0 saturated carbocycles. The van der Waals surface area contributed by atoms with Gasteiger partial charge in [0.25, 0.3) is 0 Å². The van der Waals surface area contributed by atoms with E-state index in [4.69, 9.17) is 0 Å². The molecule has 1 aromatic carbocycles. The van der Waals surface area contributed by atoms with E-state index in [0.717, 1.165) is 18.6 Å². The van der Waals surface area contributed by atoms with Crippen LogP contribution in [0.4, 0.5) is 5.69 Å². The fraction of sp³-hybridized carbons (Fsp3) is 0.500. The second-order valence-electron chi connectivity index (χ2n) is 7.21. The number of benzene rings is 1. The minimum Gasteiger partial charge on any atom is -0.366 e. The number of rotatable bonds is 1. The molecule has 1 aromatic heterocycles. The molecule has 0 bridgehead atoms. The first-order chi connectivity index (χ1) is 9.95. The smallest absolute Gasteiger partial charge is 0.0703 e. The van der Waals surface area contributed by atoms with E-state index in [-0.39, 0.29) is 5.41 Å². The van der Waals surface area contributed by atoms with Crippen LogP contribution in [0.1, 0.15) is 27.7 Å². The summed E-state index contributed by atoms with van der Waals surface area (Å²) < 4.78 is 0. The van der Waals surface area contributed by atoms with Crippen molar-refractivity contribution in [1.82, 2.24) is 10.3 Å². The third-order valence-corrected chi connectivity index (χ3v) is 4.53. The van der Waals surface area contributed by atoms with Gasteiger partial charge in [-0.3, -0.25) is 4.98 Å². The van der Waals surface area contributed by atoms with Gasteiger partial charge in [0, 0.05) is 42.4 Å². The number of anilines is 1. The van der Waals surface area contributed by atoms with Crippen molar-refractivity contribution in [2.75, 3.05) is 18.0 Å². The van der Waals surface area contributed by atoms with Crippen molar-refractivity contribution in [1.29, 1.82) is 0 Å². The molecule has 0 aliphatic carbocycles. The first kappa shape index (κ1) is 14.3. The number of pyridine rings is 1. The molecule has 2 atom stereocenters. The number of hydrogen-bond acceptors (Lipinski definition) is 3. The molecule has 112 valence electrons. The van der Waals surface area contributed by atoms with Crippen molar-refractivity contribution in [3.05, 3.63) is 36.5 Å². The lowest BCUT2D eigenvalue weighted by molar-refractivity contribution is 0.239. The highest BCUT2D eigenvalue weighted by Gasteiger charge is 2.32. The molecule has 1 aliphatic rings. The predicted octanol–water partition coefficient (Wildman–Crippen LogP) is 3.45. The average Bonchev–Trinajstić information content (AvgIpc) is 2.46. The Bertz CT molecular complexity index is 630. The lowest BCUT2D eigenvalue weighted by atomic mass is 9.84. The van der Waals surface area contributed by atoms with E-state index in [1.165, 1.54) is 11.1 Å². The summed E-state index contributed by atoms with van der Waals surface area (Å²) in [5.41, 5.74) is 2.65.